The molecule has 0 aliphatic carbocycles. The molecule has 150 valence electrons. The number of carbonyl (C=O) groups is 1. The van der Waals surface area contributed by atoms with E-state index in [1.165, 1.54) is 17.3 Å². The fourth-order valence-electron chi connectivity index (χ4n) is 3.36. The second-order valence-corrected chi connectivity index (χ2v) is 8.50. The average Bonchev–Trinajstić information content (AvgIpc) is 3.11. The molecule has 0 saturated heterocycles. The molecule has 2 atom stereocenters. The number of hydrogen-bond donors (Lipinski definition) is 2. The lowest BCUT2D eigenvalue weighted by Gasteiger charge is -2.33. The highest BCUT2D eigenvalue weighted by Crippen LogP contribution is 2.37. The molecule has 0 unspecified atom stereocenters. The van der Waals surface area contributed by atoms with Crippen LogP contribution in [0.2, 0.25) is 0 Å². The molecule has 1 aromatic heterocycles. The smallest absolute Gasteiger partial charge is 0.240 e. The molecule has 0 spiro atoms. The van der Waals surface area contributed by atoms with Crippen molar-refractivity contribution in [3.8, 4) is 0 Å². The van der Waals surface area contributed by atoms with Gasteiger partial charge in [-0.25, -0.2) is 4.68 Å². The number of rotatable bonds is 5. The average molecular weight is 408 g/mol. The zero-order valence-electron chi connectivity index (χ0n) is 16.8. The summed E-state index contributed by atoms with van der Waals surface area (Å²) < 4.78 is 1.94. The van der Waals surface area contributed by atoms with Crippen molar-refractivity contribution in [2.75, 3.05) is 10.7 Å². The summed E-state index contributed by atoms with van der Waals surface area (Å²) in [6.45, 7) is 6.21. The molecular formula is C22H25N5OS. The zero-order chi connectivity index (χ0) is 20.4. The van der Waals surface area contributed by atoms with Gasteiger partial charge in [-0.2, -0.15) is 0 Å². The third-order valence-electron chi connectivity index (χ3n) is 4.99. The van der Waals surface area contributed by atoms with Gasteiger partial charge in [-0.05, 0) is 38.0 Å². The number of amides is 1. The lowest BCUT2D eigenvalue weighted by Crippen LogP contribution is -2.41. The molecule has 2 heterocycles. The molecule has 0 bridgehead atoms. The van der Waals surface area contributed by atoms with Crippen molar-refractivity contribution in [2.24, 2.45) is 0 Å². The fraction of sp³-hybridized carbons (Fsp3) is 0.318. The Kier molecular flexibility index (Phi) is 5.58. The lowest BCUT2D eigenvalue weighted by molar-refractivity contribution is -0.116. The summed E-state index contributed by atoms with van der Waals surface area (Å²) in [7, 11) is 0. The van der Waals surface area contributed by atoms with E-state index in [-0.39, 0.29) is 17.2 Å². The van der Waals surface area contributed by atoms with Gasteiger partial charge in [0.1, 0.15) is 5.25 Å². The Hall–Kier alpha value is -2.80. The molecule has 4 rings (SSSR count). The predicted molar refractivity (Wildman–Crippen MR) is 117 cm³/mol. The molecule has 2 aromatic carbocycles. The molecule has 2 N–H and O–H groups in total. The number of benzene rings is 2. The maximum atomic E-state index is 13.2. The second kappa shape index (κ2) is 8.29. The van der Waals surface area contributed by atoms with E-state index in [0.717, 1.165) is 40.6 Å². The number of hydrogen-bond acceptors (Lipinski definition) is 5. The van der Waals surface area contributed by atoms with Gasteiger partial charge < -0.3 is 10.7 Å². The first-order valence-corrected chi connectivity index (χ1v) is 10.7. The quantitative estimate of drug-likeness (QED) is 0.662. The SMILES string of the molecule is CCCc1nnc2n1N[C@@H](c1ccc(C)cc1)[C@H](C(=O)Nc1ccc(C)cc1)S2. The topological polar surface area (TPSA) is 71.8 Å². The normalized spacial score (nSPS) is 18.0. The lowest BCUT2D eigenvalue weighted by atomic mass is 10.0. The summed E-state index contributed by atoms with van der Waals surface area (Å²) >= 11 is 1.46. The Labute approximate surface area is 175 Å². The maximum Gasteiger partial charge on any atom is 0.240 e. The van der Waals surface area contributed by atoms with E-state index in [2.05, 4.69) is 59.1 Å². The Morgan fingerprint density at radius 1 is 1.07 bits per heavy atom. The molecular weight excluding hydrogens is 382 g/mol. The van der Waals surface area contributed by atoms with Crippen molar-refractivity contribution in [3.05, 3.63) is 71.0 Å². The highest BCUT2D eigenvalue weighted by molar-refractivity contribution is 8.00. The first-order chi connectivity index (χ1) is 14.0. The number of thioether (sulfide) groups is 1. The number of fused-ring (bicyclic) bond motifs is 1. The molecule has 0 saturated carbocycles. The Bertz CT molecular complexity index is 997. The third-order valence-corrected chi connectivity index (χ3v) is 6.21. The minimum atomic E-state index is -0.370. The maximum absolute atomic E-state index is 13.2. The van der Waals surface area contributed by atoms with E-state index in [0.29, 0.717) is 0 Å². The van der Waals surface area contributed by atoms with Crippen molar-refractivity contribution in [2.45, 2.75) is 50.1 Å². The molecule has 1 aliphatic rings. The predicted octanol–water partition coefficient (Wildman–Crippen LogP) is 4.25. The summed E-state index contributed by atoms with van der Waals surface area (Å²) in [5, 5.41) is 12.0. The van der Waals surface area contributed by atoms with E-state index >= 15 is 0 Å². The monoisotopic (exact) mass is 407 g/mol. The summed E-state index contributed by atoms with van der Waals surface area (Å²) in [6, 6.07) is 16.0. The van der Waals surface area contributed by atoms with Gasteiger partial charge >= 0.3 is 0 Å². The van der Waals surface area contributed by atoms with Crippen molar-refractivity contribution in [3.63, 3.8) is 0 Å². The van der Waals surface area contributed by atoms with Gasteiger partial charge in [-0.1, -0.05) is 66.2 Å². The van der Waals surface area contributed by atoms with Gasteiger partial charge in [-0.3, -0.25) is 4.79 Å². The van der Waals surface area contributed by atoms with Gasteiger partial charge in [0.2, 0.25) is 11.1 Å². The number of anilines is 1. The highest BCUT2D eigenvalue weighted by Gasteiger charge is 2.37. The van der Waals surface area contributed by atoms with Crippen LogP contribution in [0, 0.1) is 13.8 Å². The molecule has 29 heavy (non-hydrogen) atoms. The fourth-order valence-corrected chi connectivity index (χ4v) is 4.46. The highest BCUT2D eigenvalue weighted by atomic mass is 32.2. The van der Waals surface area contributed by atoms with Crippen LogP contribution in [-0.4, -0.2) is 26.0 Å². The summed E-state index contributed by atoms with van der Waals surface area (Å²) in [5.74, 6) is 0.840. The van der Waals surface area contributed by atoms with Crippen LogP contribution < -0.4 is 10.7 Å². The first-order valence-electron chi connectivity index (χ1n) is 9.86. The molecule has 7 heteroatoms. The van der Waals surface area contributed by atoms with Crippen LogP contribution in [-0.2, 0) is 11.2 Å². The number of aromatic nitrogens is 3. The van der Waals surface area contributed by atoms with Gasteiger partial charge in [0, 0.05) is 12.1 Å². The standard InChI is InChI=1S/C22H25N5OS/c1-4-5-18-24-25-22-27(18)26-19(16-10-6-14(2)7-11-16)20(29-22)21(28)23-17-12-8-15(3)9-13-17/h6-13,19-20,26H,4-5H2,1-3H3,(H,23,28)/t19-,20+/m0/s1. The van der Waals surface area contributed by atoms with Crippen molar-refractivity contribution in [1.29, 1.82) is 0 Å². The third kappa shape index (κ3) is 4.15. The van der Waals surface area contributed by atoms with Crippen LogP contribution in [0.5, 0.6) is 0 Å². The van der Waals surface area contributed by atoms with Gasteiger partial charge in [0.25, 0.3) is 0 Å². The largest absolute Gasteiger partial charge is 0.325 e. The number of nitrogens with one attached hydrogen (secondary N) is 2. The van der Waals surface area contributed by atoms with E-state index in [4.69, 9.17) is 0 Å². The molecule has 6 nitrogen and oxygen atoms in total. The molecule has 3 aromatic rings. The van der Waals surface area contributed by atoms with Crippen molar-refractivity contribution < 1.29 is 4.79 Å². The van der Waals surface area contributed by atoms with Crippen LogP contribution >= 0.6 is 11.8 Å². The molecule has 1 amide bonds. The van der Waals surface area contributed by atoms with Crippen LogP contribution in [0.25, 0.3) is 0 Å². The van der Waals surface area contributed by atoms with E-state index in [9.17, 15) is 4.79 Å². The minimum absolute atomic E-state index is 0.0526. The summed E-state index contributed by atoms with van der Waals surface area (Å²) in [6.07, 6.45) is 1.82. The summed E-state index contributed by atoms with van der Waals surface area (Å²) in [4.78, 5) is 13.2. The number of nitrogens with zero attached hydrogens (tertiary/aromatic N) is 3. The van der Waals surface area contributed by atoms with E-state index in [1.54, 1.807) is 0 Å². The zero-order valence-corrected chi connectivity index (χ0v) is 17.7. The van der Waals surface area contributed by atoms with Crippen molar-refractivity contribution in [1.82, 2.24) is 14.9 Å². The van der Waals surface area contributed by atoms with Crippen LogP contribution in [0.4, 0.5) is 5.69 Å². The molecule has 0 fully saturated rings. The number of carbonyl (C=O) groups excluding carboxylic acids is 1. The minimum Gasteiger partial charge on any atom is -0.325 e. The van der Waals surface area contributed by atoms with Crippen LogP contribution in [0.3, 0.4) is 0 Å². The Morgan fingerprint density at radius 2 is 1.72 bits per heavy atom. The summed E-state index contributed by atoms with van der Waals surface area (Å²) in [5.41, 5.74) is 7.71. The van der Waals surface area contributed by atoms with Crippen molar-refractivity contribution >= 4 is 23.4 Å². The van der Waals surface area contributed by atoms with Crippen LogP contribution in [0.15, 0.2) is 53.7 Å². The van der Waals surface area contributed by atoms with Gasteiger partial charge in [0.15, 0.2) is 5.82 Å². The molecule has 0 radical (unpaired) electrons. The first kappa shape index (κ1) is 19.5. The van der Waals surface area contributed by atoms with E-state index < -0.39 is 0 Å². The Balaban J connectivity index is 1.65. The molecule has 1 aliphatic heterocycles. The van der Waals surface area contributed by atoms with E-state index in [1.807, 2.05) is 35.9 Å². The van der Waals surface area contributed by atoms with Crippen LogP contribution in [0.1, 0.15) is 41.9 Å². The van der Waals surface area contributed by atoms with Gasteiger partial charge in [0.05, 0.1) is 6.04 Å². The number of aryl methyl sites for hydroxylation is 3. The second-order valence-electron chi connectivity index (χ2n) is 7.40. The van der Waals surface area contributed by atoms with Gasteiger partial charge in [-0.15, -0.1) is 10.2 Å². The Morgan fingerprint density at radius 3 is 2.38 bits per heavy atom.